The summed E-state index contributed by atoms with van der Waals surface area (Å²) in [6, 6.07) is 0. The van der Waals surface area contributed by atoms with Crippen molar-refractivity contribution in [2.24, 2.45) is 17.8 Å². The van der Waals surface area contributed by atoms with E-state index >= 15 is 0 Å². The fourth-order valence-corrected chi connectivity index (χ4v) is 3.36. The zero-order valence-corrected chi connectivity index (χ0v) is 8.00. The highest BCUT2D eigenvalue weighted by Gasteiger charge is 2.37. The van der Waals surface area contributed by atoms with Crippen LogP contribution in [0.2, 0.25) is 0 Å². The van der Waals surface area contributed by atoms with E-state index in [1.807, 2.05) is 0 Å². The van der Waals surface area contributed by atoms with E-state index in [1.54, 1.807) is 0 Å². The van der Waals surface area contributed by atoms with Crippen LogP contribution in [0.5, 0.6) is 0 Å². The topological polar surface area (TPSA) is 20.2 Å². The van der Waals surface area contributed by atoms with E-state index in [0.717, 1.165) is 18.3 Å². The van der Waals surface area contributed by atoms with Crippen molar-refractivity contribution in [3.05, 3.63) is 0 Å². The second-order valence-corrected chi connectivity index (χ2v) is 4.74. The van der Waals surface area contributed by atoms with Crippen LogP contribution in [0.25, 0.3) is 0 Å². The molecule has 1 N–H and O–H groups in total. The van der Waals surface area contributed by atoms with Gasteiger partial charge in [0, 0.05) is 0 Å². The third-order valence-corrected chi connectivity index (χ3v) is 3.95. The summed E-state index contributed by atoms with van der Waals surface area (Å²) in [6.45, 7) is 2.32. The van der Waals surface area contributed by atoms with Crippen molar-refractivity contribution in [1.82, 2.24) is 0 Å². The van der Waals surface area contributed by atoms with Crippen LogP contribution in [0.15, 0.2) is 0 Å². The minimum Gasteiger partial charge on any atom is -0.393 e. The molecule has 0 aliphatic heterocycles. The summed E-state index contributed by atoms with van der Waals surface area (Å²) in [6.07, 6.45) is 7.85. The third-order valence-electron chi connectivity index (χ3n) is 3.95. The highest BCUT2D eigenvalue weighted by atomic mass is 16.3. The van der Waals surface area contributed by atoms with Gasteiger partial charge < -0.3 is 5.11 Å². The molecule has 2 fully saturated rings. The largest absolute Gasteiger partial charge is 0.393 e. The minimum atomic E-state index is 0.0269. The average molecular weight is 168 g/mol. The van der Waals surface area contributed by atoms with E-state index in [-0.39, 0.29) is 6.10 Å². The van der Waals surface area contributed by atoms with E-state index in [9.17, 15) is 5.11 Å². The van der Waals surface area contributed by atoms with Gasteiger partial charge in [-0.2, -0.15) is 0 Å². The lowest BCUT2D eigenvalue weighted by Crippen LogP contribution is -2.39. The average Bonchev–Trinajstić information content (AvgIpc) is 2.04. The number of hydrogen-bond donors (Lipinski definition) is 1. The van der Waals surface area contributed by atoms with Gasteiger partial charge in [-0.15, -0.1) is 0 Å². The van der Waals surface area contributed by atoms with E-state index in [1.165, 1.54) is 32.1 Å². The molecule has 4 atom stereocenters. The van der Waals surface area contributed by atoms with Gasteiger partial charge in [0.25, 0.3) is 0 Å². The first kappa shape index (κ1) is 8.55. The van der Waals surface area contributed by atoms with E-state index in [2.05, 4.69) is 6.92 Å². The summed E-state index contributed by atoms with van der Waals surface area (Å²) in [5.74, 6) is 2.28. The Balaban J connectivity index is 2.07. The Kier molecular flexibility index (Phi) is 2.40. The maximum Gasteiger partial charge on any atom is 0.0573 e. The minimum absolute atomic E-state index is 0.0269. The van der Waals surface area contributed by atoms with Gasteiger partial charge in [-0.25, -0.2) is 0 Å². The molecule has 2 aliphatic carbocycles. The molecule has 0 aromatic rings. The van der Waals surface area contributed by atoms with Crippen molar-refractivity contribution in [2.45, 2.75) is 51.6 Å². The molecular weight excluding hydrogens is 148 g/mol. The van der Waals surface area contributed by atoms with Gasteiger partial charge in [-0.1, -0.05) is 32.6 Å². The Morgan fingerprint density at radius 2 is 1.67 bits per heavy atom. The molecule has 1 nitrogen and oxygen atoms in total. The SMILES string of the molecule is CC1CCC[C@H]2CCC[C@@H](O)[C@H]12. The van der Waals surface area contributed by atoms with Crippen LogP contribution in [0.4, 0.5) is 0 Å². The van der Waals surface area contributed by atoms with E-state index < -0.39 is 0 Å². The monoisotopic (exact) mass is 168 g/mol. The van der Waals surface area contributed by atoms with Gasteiger partial charge in [-0.05, 0) is 30.6 Å². The fourth-order valence-electron chi connectivity index (χ4n) is 3.36. The molecule has 12 heavy (non-hydrogen) atoms. The summed E-state index contributed by atoms with van der Waals surface area (Å²) in [5, 5.41) is 9.87. The van der Waals surface area contributed by atoms with Crippen LogP contribution < -0.4 is 0 Å². The predicted octanol–water partition coefficient (Wildman–Crippen LogP) is 2.58. The number of rotatable bonds is 0. The van der Waals surface area contributed by atoms with Crippen LogP contribution in [0.1, 0.15) is 45.4 Å². The fraction of sp³-hybridized carbons (Fsp3) is 1.00. The molecule has 2 rings (SSSR count). The highest BCUT2D eigenvalue weighted by Crippen LogP contribution is 2.43. The van der Waals surface area contributed by atoms with Crippen molar-refractivity contribution >= 4 is 0 Å². The van der Waals surface area contributed by atoms with Gasteiger partial charge in [0.2, 0.25) is 0 Å². The molecule has 1 unspecified atom stereocenters. The molecule has 2 saturated carbocycles. The molecule has 0 bridgehead atoms. The summed E-state index contributed by atoms with van der Waals surface area (Å²) >= 11 is 0. The van der Waals surface area contributed by atoms with Gasteiger partial charge in [0.1, 0.15) is 0 Å². The lowest BCUT2D eigenvalue weighted by atomic mass is 9.65. The Labute approximate surface area is 75.2 Å². The Morgan fingerprint density at radius 1 is 1.00 bits per heavy atom. The Bertz CT molecular complexity index is 139. The van der Waals surface area contributed by atoms with Crippen molar-refractivity contribution in [1.29, 1.82) is 0 Å². The summed E-state index contributed by atoms with van der Waals surface area (Å²) in [5.41, 5.74) is 0. The maximum absolute atomic E-state index is 9.87. The molecule has 0 heterocycles. The smallest absolute Gasteiger partial charge is 0.0573 e. The van der Waals surface area contributed by atoms with Crippen molar-refractivity contribution in [2.75, 3.05) is 0 Å². The lowest BCUT2D eigenvalue weighted by Gasteiger charge is -2.43. The predicted molar refractivity (Wildman–Crippen MR) is 49.9 cm³/mol. The van der Waals surface area contributed by atoms with Crippen molar-refractivity contribution < 1.29 is 5.11 Å². The van der Waals surface area contributed by atoms with Crippen LogP contribution in [0, 0.1) is 17.8 Å². The maximum atomic E-state index is 9.87. The van der Waals surface area contributed by atoms with Gasteiger partial charge >= 0.3 is 0 Å². The molecule has 70 valence electrons. The van der Waals surface area contributed by atoms with Gasteiger partial charge in [0.15, 0.2) is 0 Å². The summed E-state index contributed by atoms with van der Waals surface area (Å²) < 4.78 is 0. The first-order valence-electron chi connectivity index (χ1n) is 5.47. The normalized spacial score (nSPS) is 48.5. The Morgan fingerprint density at radius 3 is 2.33 bits per heavy atom. The van der Waals surface area contributed by atoms with E-state index in [0.29, 0.717) is 5.92 Å². The first-order chi connectivity index (χ1) is 5.79. The van der Waals surface area contributed by atoms with Gasteiger partial charge in [0.05, 0.1) is 6.10 Å². The molecule has 1 heteroatoms. The third kappa shape index (κ3) is 1.39. The molecule has 0 radical (unpaired) electrons. The van der Waals surface area contributed by atoms with Crippen molar-refractivity contribution in [3.8, 4) is 0 Å². The quantitative estimate of drug-likeness (QED) is 0.589. The molecule has 0 aromatic carbocycles. The molecule has 0 amide bonds. The molecule has 2 aliphatic rings. The highest BCUT2D eigenvalue weighted by molar-refractivity contribution is 4.88. The lowest BCUT2D eigenvalue weighted by molar-refractivity contribution is -0.0188. The second-order valence-electron chi connectivity index (χ2n) is 4.74. The molecule has 0 saturated heterocycles. The van der Waals surface area contributed by atoms with Crippen LogP contribution >= 0.6 is 0 Å². The number of fused-ring (bicyclic) bond motifs is 1. The van der Waals surface area contributed by atoms with Crippen LogP contribution in [0.3, 0.4) is 0 Å². The molecular formula is C11H20O. The second kappa shape index (κ2) is 3.37. The summed E-state index contributed by atoms with van der Waals surface area (Å²) in [4.78, 5) is 0. The van der Waals surface area contributed by atoms with Crippen LogP contribution in [-0.4, -0.2) is 11.2 Å². The van der Waals surface area contributed by atoms with Crippen molar-refractivity contribution in [3.63, 3.8) is 0 Å². The number of aliphatic hydroxyl groups excluding tert-OH is 1. The van der Waals surface area contributed by atoms with Gasteiger partial charge in [-0.3, -0.25) is 0 Å². The standard InChI is InChI=1S/C11H20O/c1-8-4-2-5-9-6-3-7-10(12)11(8)9/h8-12H,2-7H2,1H3/t8?,9-,10+,11+/m0/s1. The Hall–Kier alpha value is -0.0400. The zero-order chi connectivity index (χ0) is 8.55. The number of aliphatic hydroxyl groups is 1. The molecule has 0 aromatic heterocycles. The summed E-state index contributed by atoms with van der Waals surface area (Å²) in [7, 11) is 0. The van der Waals surface area contributed by atoms with Crippen LogP contribution in [-0.2, 0) is 0 Å². The first-order valence-corrected chi connectivity index (χ1v) is 5.47. The zero-order valence-electron chi connectivity index (χ0n) is 8.00. The van der Waals surface area contributed by atoms with E-state index in [4.69, 9.17) is 0 Å². The number of hydrogen-bond acceptors (Lipinski definition) is 1. The molecule has 0 spiro atoms.